The molecule has 0 amide bonds. The minimum Gasteiger partial charge on any atom is -0.494 e. The van der Waals surface area contributed by atoms with E-state index in [1.807, 2.05) is 13.0 Å². The summed E-state index contributed by atoms with van der Waals surface area (Å²) in [5.41, 5.74) is 0. The molecule has 0 aromatic carbocycles. The van der Waals surface area contributed by atoms with E-state index in [0.717, 1.165) is 24.1 Å². The predicted molar refractivity (Wildman–Crippen MR) is 57.6 cm³/mol. The number of allylic oxidation sites excluding steroid dienone is 2. The van der Waals surface area contributed by atoms with Gasteiger partial charge in [-0.1, -0.05) is 22.5 Å². The van der Waals surface area contributed by atoms with Gasteiger partial charge in [0.15, 0.2) is 0 Å². The molecule has 1 nitrogen and oxygen atoms in total. The normalized spacial score (nSPS) is 11.3. The molecule has 0 heterocycles. The molecule has 0 aromatic heterocycles. The molecule has 12 heavy (non-hydrogen) atoms. The summed E-state index contributed by atoms with van der Waals surface area (Å²) in [5, 5.41) is 1.09. The first-order valence-electron chi connectivity index (χ1n) is 4.32. The maximum Gasteiger partial charge on any atom is 0.114 e. The van der Waals surface area contributed by atoms with Crippen LogP contribution < -0.4 is 0 Å². The Labute approximate surface area is 83.6 Å². The summed E-state index contributed by atoms with van der Waals surface area (Å²) >= 11 is 3.39. The van der Waals surface area contributed by atoms with Crippen molar-refractivity contribution >= 4 is 15.9 Å². The van der Waals surface area contributed by atoms with Gasteiger partial charge in [0.2, 0.25) is 0 Å². The first kappa shape index (κ1) is 11.8. The van der Waals surface area contributed by atoms with Crippen molar-refractivity contribution in [3.05, 3.63) is 24.5 Å². The molecular weight excluding hydrogens is 216 g/mol. The minimum atomic E-state index is 0.804. The van der Waals surface area contributed by atoms with Gasteiger partial charge in [0.05, 0.1) is 6.61 Å². The smallest absolute Gasteiger partial charge is 0.114 e. The molecule has 0 atom stereocenters. The largest absolute Gasteiger partial charge is 0.494 e. The molecule has 0 unspecified atom stereocenters. The average Bonchev–Trinajstić information content (AvgIpc) is 2.11. The lowest BCUT2D eigenvalue weighted by Gasteiger charge is -2.04. The van der Waals surface area contributed by atoms with E-state index >= 15 is 0 Å². The van der Waals surface area contributed by atoms with Crippen LogP contribution in [0.1, 0.15) is 26.2 Å². The van der Waals surface area contributed by atoms with Crippen molar-refractivity contribution in [2.45, 2.75) is 26.2 Å². The van der Waals surface area contributed by atoms with Crippen LogP contribution in [0.25, 0.3) is 0 Å². The van der Waals surface area contributed by atoms with E-state index in [1.165, 1.54) is 12.8 Å². The van der Waals surface area contributed by atoms with Gasteiger partial charge in [-0.05, 0) is 38.3 Å². The van der Waals surface area contributed by atoms with Crippen LogP contribution >= 0.6 is 15.9 Å². The van der Waals surface area contributed by atoms with Crippen LogP contribution in [0.15, 0.2) is 24.5 Å². The molecule has 0 spiro atoms. The highest BCUT2D eigenvalue weighted by Crippen LogP contribution is 2.03. The highest BCUT2D eigenvalue weighted by Gasteiger charge is 1.90. The monoisotopic (exact) mass is 232 g/mol. The molecule has 0 N–H and O–H groups in total. The number of rotatable bonds is 7. The fraction of sp³-hybridized carbons (Fsp3) is 0.600. The summed E-state index contributed by atoms with van der Waals surface area (Å²) in [4.78, 5) is 0. The topological polar surface area (TPSA) is 9.23 Å². The standard InChI is InChI=1S/C10H17BrO/c1-3-10(4-2)12-9-7-5-6-8-11/h3-4H,1,5-9H2,2H3. The zero-order valence-corrected chi connectivity index (χ0v) is 9.27. The van der Waals surface area contributed by atoms with Crippen molar-refractivity contribution in [3.8, 4) is 0 Å². The molecule has 0 fully saturated rings. The van der Waals surface area contributed by atoms with Crippen molar-refractivity contribution in [1.82, 2.24) is 0 Å². The molecule has 2 heteroatoms. The van der Waals surface area contributed by atoms with E-state index in [0.29, 0.717) is 0 Å². The Kier molecular flexibility index (Phi) is 8.68. The molecular formula is C10H17BrO. The third-order valence-corrected chi connectivity index (χ3v) is 2.09. The highest BCUT2D eigenvalue weighted by atomic mass is 79.9. The summed E-state index contributed by atoms with van der Waals surface area (Å²) < 4.78 is 5.41. The fourth-order valence-electron chi connectivity index (χ4n) is 0.823. The lowest BCUT2D eigenvalue weighted by Crippen LogP contribution is -1.92. The molecule has 0 aliphatic carbocycles. The van der Waals surface area contributed by atoms with E-state index < -0.39 is 0 Å². The first-order chi connectivity index (χ1) is 5.85. The molecule has 0 rings (SSSR count). The van der Waals surface area contributed by atoms with E-state index in [2.05, 4.69) is 22.5 Å². The van der Waals surface area contributed by atoms with Gasteiger partial charge in [-0.15, -0.1) is 0 Å². The Balaban J connectivity index is 3.24. The molecule has 0 aliphatic rings. The van der Waals surface area contributed by atoms with Gasteiger partial charge in [-0.3, -0.25) is 0 Å². The lowest BCUT2D eigenvalue weighted by atomic mass is 10.3. The van der Waals surface area contributed by atoms with Gasteiger partial charge in [0, 0.05) is 5.33 Å². The van der Waals surface area contributed by atoms with Gasteiger partial charge >= 0.3 is 0 Å². The number of alkyl halides is 1. The zero-order valence-electron chi connectivity index (χ0n) is 7.68. The van der Waals surface area contributed by atoms with Crippen LogP contribution in [0, 0.1) is 0 Å². The number of hydrogen-bond acceptors (Lipinski definition) is 1. The Morgan fingerprint density at radius 2 is 2.17 bits per heavy atom. The molecule has 0 radical (unpaired) electrons. The Hall–Kier alpha value is -0.240. The molecule has 0 aromatic rings. The number of hydrogen-bond donors (Lipinski definition) is 0. The van der Waals surface area contributed by atoms with Crippen LogP contribution in [0.2, 0.25) is 0 Å². The average molecular weight is 233 g/mol. The fourth-order valence-corrected chi connectivity index (χ4v) is 1.22. The number of halogens is 1. The van der Waals surface area contributed by atoms with Crippen molar-refractivity contribution in [1.29, 1.82) is 0 Å². The predicted octanol–water partition coefficient (Wildman–Crippen LogP) is 3.66. The lowest BCUT2D eigenvalue weighted by molar-refractivity contribution is 0.217. The Bertz CT molecular complexity index is 141. The Morgan fingerprint density at radius 3 is 2.67 bits per heavy atom. The van der Waals surface area contributed by atoms with Gasteiger partial charge in [-0.2, -0.15) is 0 Å². The van der Waals surface area contributed by atoms with Crippen LogP contribution in [-0.4, -0.2) is 11.9 Å². The molecule has 0 aliphatic heterocycles. The SMILES string of the molecule is C=CC(=CC)OCCCCCBr. The van der Waals surface area contributed by atoms with Gasteiger partial charge in [0.1, 0.15) is 5.76 Å². The highest BCUT2D eigenvalue weighted by molar-refractivity contribution is 9.09. The molecule has 0 bridgehead atoms. The van der Waals surface area contributed by atoms with E-state index in [-0.39, 0.29) is 0 Å². The van der Waals surface area contributed by atoms with Crippen LogP contribution in [0.3, 0.4) is 0 Å². The number of unbranched alkanes of at least 4 members (excludes halogenated alkanes) is 2. The minimum absolute atomic E-state index is 0.804. The third-order valence-electron chi connectivity index (χ3n) is 1.53. The first-order valence-corrected chi connectivity index (χ1v) is 5.44. The quantitative estimate of drug-likeness (QED) is 0.282. The van der Waals surface area contributed by atoms with Crippen molar-refractivity contribution in [3.63, 3.8) is 0 Å². The molecule has 0 saturated heterocycles. The summed E-state index contributed by atoms with van der Waals surface area (Å²) in [5.74, 6) is 0.883. The van der Waals surface area contributed by atoms with E-state index in [9.17, 15) is 0 Å². The summed E-state index contributed by atoms with van der Waals surface area (Å²) in [7, 11) is 0. The van der Waals surface area contributed by atoms with Crippen molar-refractivity contribution in [2.75, 3.05) is 11.9 Å². The van der Waals surface area contributed by atoms with E-state index in [1.54, 1.807) is 6.08 Å². The van der Waals surface area contributed by atoms with Gasteiger partial charge in [0.25, 0.3) is 0 Å². The van der Waals surface area contributed by atoms with Crippen LogP contribution in [-0.2, 0) is 4.74 Å². The molecule has 0 saturated carbocycles. The maximum absolute atomic E-state index is 5.41. The number of ether oxygens (including phenoxy) is 1. The second-order valence-corrected chi connectivity index (χ2v) is 3.29. The van der Waals surface area contributed by atoms with Crippen LogP contribution in [0.4, 0.5) is 0 Å². The molecule has 70 valence electrons. The Morgan fingerprint density at radius 1 is 1.42 bits per heavy atom. The van der Waals surface area contributed by atoms with Crippen LogP contribution in [0.5, 0.6) is 0 Å². The second-order valence-electron chi connectivity index (χ2n) is 2.49. The van der Waals surface area contributed by atoms with Gasteiger partial charge < -0.3 is 4.74 Å². The zero-order chi connectivity index (χ0) is 9.23. The maximum atomic E-state index is 5.41. The summed E-state index contributed by atoms with van der Waals surface area (Å²) in [6.45, 7) is 6.40. The van der Waals surface area contributed by atoms with Gasteiger partial charge in [-0.25, -0.2) is 0 Å². The summed E-state index contributed by atoms with van der Waals surface area (Å²) in [6.07, 6.45) is 7.24. The van der Waals surface area contributed by atoms with Crippen molar-refractivity contribution < 1.29 is 4.74 Å². The third kappa shape index (κ3) is 6.47. The summed E-state index contributed by atoms with van der Waals surface area (Å²) in [6, 6.07) is 0. The second kappa shape index (κ2) is 8.85. The van der Waals surface area contributed by atoms with Crippen molar-refractivity contribution in [2.24, 2.45) is 0 Å². The van der Waals surface area contributed by atoms with E-state index in [4.69, 9.17) is 4.74 Å².